The van der Waals surface area contributed by atoms with Gasteiger partial charge < -0.3 is 5.32 Å². The van der Waals surface area contributed by atoms with E-state index in [1.165, 1.54) is 16.7 Å². The van der Waals surface area contributed by atoms with Crippen molar-refractivity contribution in [2.24, 2.45) is 0 Å². The van der Waals surface area contributed by atoms with E-state index in [2.05, 4.69) is 58.5 Å². The summed E-state index contributed by atoms with van der Waals surface area (Å²) in [7, 11) is 0. The molecule has 4 heteroatoms. The average Bonchev–Trinajstić information content (AvgIpc) is 2.48. The quantitative estimate of drug-likeness (QED) is 0.945. The van der Waals surface area contributed by atoms with E-state index in [1.54, 1.807) is 0 Å². The minimum absolute atomic E-state index is 0. The second-order valence-corrected chi connectivity index (χ2v) is 5.53. The normalized spacial score (nSPS) is 19.0. The predicted octanol–water partition coefficient (Wildman–Crippen LogP) is 2.96. The lowest BCUT2D eigenvalue weighted by molar-refractivity contribution is 0.199. The summed E-state index contributed by atoms with van der Waals surface area (Å²) in [6.45, 7) is 6.62. The van der Waals surface area contributed by atoms with E-state index >= 15 is 0 Å². The van der Waals surface area contributed by atoms with Gasteiger partial charge in [-0.2, -0.15) is 0 Å². The molecule has 3 nitrogen and oxygen atoms in total. The van der Waals surface area contributed by atoms with Crippen LogP contribution in [0.15, 0.2) is 48.8 Å². The smallest absolute Gasteiger partial charge is 0.0273 e. The Bertz CT molecular complexity index is 559. The first-order chi connectivity index (χ1) is 9.81. The van der Waals surface area contributed by atoms with Crippen LogP contribution >= 0.6 is 12.4 Å². The first-order valence-corrected chi connectivity index (χ1v) is 7.26. The first kappa shape index (κ1) is 16.0. The molecule has 1 aromatic heterocycles. The topological polar surface area (TPSA) is 28.2 Å². The molecule has 0 bridgehead atoms. The summed E-state index contributed by atoms with van der Waals surface area (Å²) >= 11 is 0. The molecule has 0 spiro atoms. The van der Waals surface area contributed by atoms with Crippen LogP contribution in [-0.2, 0) is 6.54 Å². The van der Waals surface area contributed by atoms with E-state index in [0.29, 0.717) is 6.04 Å². The van der Waals surface area contributed by atoms with Crippen LogP contribution in [0, 0.1) is 0 Å². The van der Waals surface area contributed by atoms with Crippen LogP contribution in [0.2, 0.25) is 0 Å². The van der Waals surface area contributed by atoms with Crippen molar-refractivity contribution in [1.82, 2.24) is 15.2 Å². The van der Waals surface area contributed by atoms with Crippen LogP contribution in [0.25, 0.3) is 11.1 Å². The van der Waals surface area contributed by atoms with E-state index in [-0.39, 0.29) is 12.4 Å². The highest BCUT2D eigenvalue weighted by Crippen LogP contribution is 2.20. The average molecular weight is 304 g/mol. The highest BCUT2D eigenvalue weighted by atomic mass is 35.5. The number of nitrogens with one attached hydrogen (secondary N) is 1. The summed E-state index contributed by atoms with van der Waals surface area (Å²) in [6, 6.07) is 13.5. The Labute approximate surface area is 132 Å². The molecule has 1 aliphatic rings. The SMILES string of the molecule is CC1CN(Cc2cccc(-c3ccncc3)c2)CCN1.Cl. The number of pyridine rings is 1. The number of hydrogen-bond acceptors (Lipinski definition) is 3. The molecule has 0 amide bonds. The zero-order valence-corrected chi connectivity index (χ0v) is 13.1. The molecule has 112 valence electrons. The van der Waals surface area contributed by atoms with Gasteiger partial charge in [0.05, 0.1) is 0 Å². The maximum Gasteiger partial charge on any atom is 0.0273 e. The van der Waals surface area contributed by atoms with Crippen molar-refractivity contribution in [1.29, 1.82) is 0 Å². The van der Waals surface area contributed by atoms with E-state index in [0.717, 1.165) is 26.2 Å². The molecule has 0 aliphatic carbocycles. The van der Waals surface area contributed by atoms with Crippen molar-refractivity contribution < 1.29 is 0 Å². The molecule has 0 radical (unpaired) electrons. The molecule has 1 aliphatic heterocycles. The lowest BCUT2D eigenvalue weighted by Crippen LogP contribution is -2.48. The fourth-order valence-corrected chi connectivity index (χ4v) is 2.81. The van der Waals surface area contributed by atoms with Gasteiger partial charge in [-0.25, -0.2) is 0 Å². The van der Waals surface area contributed by atoms with Gasteiger partial charge in [0.2, 0.25) is 0 Å². The Hall–Kier alpha value is -1.42. The predicted molar refractivity (Wildman–Crippen MR) is 89.7 cm³/mol. The summed E-state index contributed by atoms with van der Waals surface area (Å²) in [4.78, 5) is 6.60. The van der Waals surface area contributed by atoms with Crippen molar-refractivity contribution >= 4 is 12.4 Å². The Morgan fingerprint density at radius 3 is 2.76 bits per heavy atom. The van der Waals surface area contributed by atoms with Gasteiger partial charge in [0.25, 0.3) is 0 Å². The van der Waals surface area contributed by atoms with E-state index in [1.807, 2.05) is 12.4 Å². The number of piperazine rings is 1. The molecule has 1 N–H and O–H groups in total. The number of rotatable bonds is 3. The van der Waals surface area contributed by atoms with Gasteiger partial charge in [-0.3, -0.25) is 9.88 Å². The van der Waals surface area contributed by atoms with Crippen LogP contribution in [0.1, 0.15) is 12.5 Å². The molecule has 2 heterocycles. The number of hydrogen-bond donors (Lipinski definition) is 1. The third kappa shape index (κ3) is 4.27. The van der Waals surface area contributed by atoms with Crippen LogP contribution in [0.5, 0.6) is 0 Å². The van der Waals surface area contributed by atoms with Crippen LogP contribution in [0.3, 0.4) is 0 Å². The number of nitrogens with zero attached hydrogens (tertiary/aromatic N) is 2. The van der Waals surface area contributed by atoms with Crippen molar-refractivity contribution in [3.8, 4) is 11.1 Å². The fourth-order valence-electron chi connectivity index (χ4n) is 2.81. The summed E-state index contributed by atoms with van der Waals surface area (Å²) in [6.07, 6.45) is 3.69. The monoisotopic (exact) mass is 303 g/mol. The van der Waals surface area contributed by atoms with Crippen LogP contribution in [-0.4, -0.2) is 35.6 Å². The van der Waals surface area contributed by atoms with Crippen molar-refractivity contribution in [3.63, 3.8) is 0 Å². The summed E-state index contributed by atoms with van der Waals surface area (Å²) in [5, 5.41) is 3.49. The molecule has 3 rings (SSSR count). The van der Waals surface area contributed by atoms with E-state index < -0.39 is 0 Å². The van der Waals surface area contributed by atoms with Crippen molar-refractivity contribution in [2.75, 3.05) is 19.6 Å². The molecule has 1 fully saturated rings. The van der Waals surface area contributed by atoms with Gasteiger partial charge in [0, 0.05) is 44.6 Å². The van der Waals surface area contributed by atoms with Crippen molar-refractivity contribution in [3.05, 3.63) is 54.4 Å². The molecular weight excluding hydrogens is 282 g/mol. The molecule has 0 saturated carbocycles. The van der Waals surface area contributed by atoms with Gasteiger partial charge in [-0.1, -0.05) is 18.2 Å². The fraction of sp³-hybridized carbons (Fsp3) is 0.353. The van der Waals surface area contributed by atoms with Gasteiger partial charge in [0.15, 0.2) is 0 Å². The highest BCUT2D eigenvalue weighted by molar-refractivity contribution is 5.85. The molecule has 1 unspecified atom stereocenters. The Morgan fingerprint density at radius 2 is 2.00 bits per heavy atom. The van der Waals surface area contributed by atoms with Crippen molar-refractivity contribution in [2.45, 2.75) is 19.5 Å². The third-order valence-corrected chi connectivity index (χ3v) is 3.80. The molecule has 1 saturated heterocycles. The van der Waals surface area contributed by atoms with Crippen LogP contribution in [0.4, 0.5) is 0 Å². The summed E-state index contributed by atoms with van der Waals surface area (Å²) < 4.78 is 0. The largest absolute Gasteiger partial charge is 0.312 e. The Kier molecular flexibility index (Phi) is 5.74. The lowest BCUT2D eigenvalue weighted by Gasteiger charge is -2.31. The zero-order chi connectivity index (χ0) is 13.8. The standard InChI is InChI=1S/C17H21N3.ClH/c1-14-12-20(10-9-19-14)13-15-3-2-4-17(11-15)16-5-7-18-8-6-16;/h2-8,11,14,19H,9-10,12-13H2,1H3;1H. The number of aromatic nitrogens is 1. The Balaban J connectivity index is 0.00000161. The summed E-state index contributed by atoms with van der Waals surface area (Å²) in [5.41, 5.74) is 3.89. The maximum absolute atomic E-state index is 4.08. The molecule has 1 aromatic carbocycles. The number of halogens is 1. The minimum atomic E-state index is 0. The second kappa shape index (κ2) is 7.55. The van der Waals surface area contributed by atoms with Crippen LogP contribution < -0.4 is 5.32 Å². The Morgan fingerprint density at radius 1 is 1.19 bits per heavy atom. The van der Waals surface area contributed by atoms with E-state index in [9.17, 15) is 0 Å². The molecular formula is C17H22ClN3. The van der Waals surface area contributed by atoms with Gasteiger partial charge in [0.1, 0.15) is 0 Å². The van der Waals surface area contributed by atoms with E-state index in [4.69, 9.17) is 0 Å². The maximum atomic E-state index is 4.08. The van der Waals surface area contributed by atoms with Gasteiger partial charge in [-0.05, 0) is 41.8 Å². The van der Waals surface area contributed by atoms with Gasteiger partial charge in [-0.15, -0.1) is 12.4 Å². The molecule has 1 atom stereocenters. The minimum Gasteiger partial charge on any atom is -0.312 e. The lowest BCUT2D eigenvalue weighted by atomic mass is 10.0. The summed E-state index contributed by atoms with van der Waals surface area (Å²) in [5.74, 6) is 0. The first-order valence-electron chi connectivity index (χ1n) is 7.26. The highest BCUT2D eigenvalue weighted by Gasteiger charge is 2.15. The molecule has 21 heavy (non-hydrogen) atoms. The third-order valence-electron chi connectivity index (χ3n) is 3.80. The van der Waals surface area contributed by atoms with Gasteiger partial charge >= 0.3 is 0 Å². The zero-order valence-electron chi connectivity index (χ0n) is 12.3. The molecule has 2 aromatic rings. The number of benzene rings is 1. The second-order valence-electron chi connectivity index (χ2n) is 5.53.